The Morgan fingerprint density at radius 1 is 1.33 bits per heavy atom. The first-order chi connectivity index (χ1) is 11.6. The third-order valence-corrected chi connectivity index (χ3v) is 4.25. The molecule has 0 aliphatic carbocycles. The number of H-pyrrole nitrogens is 1. The third-order valence-electron chi connectivity index (χ3n) is 3.64. The summed E-state index contributed by atoms with van der Waals surface area (Å²) in [6.07, 6.45) is 4.24. The van der Waals surface area contributed by atoms with E-state index in [-0.39, 0.29) is 6.04 Å². The van der Waals surface area contributed by atoms with Gasteiger partial charge in [-0.3, -0.25) is 15.0 Å². The second-order valence-electron chi connectivity index (χ2n) is 5.36. The first-order valence-electron chi connectivity index (χ1n) is 7.60. The minimum absolute atomic E-state index is 0.0607. The number of pyridine rings is 1. The van der Waals surface area contributed by atoms with Gasteiger partial charge in [-0.2, -0.15) is 10.1 Å². The molecule has 3 rings (SSSR count). The topological polar surface area (TPSA) is 96.6 Å². The fourth-order valence-corrected chi connectivity index (χ4v) is 2.70. The Morgan fingerprint density at radius 3 is 2.75 bits per heavy atom. The first-order valence-corrected chi connectivity index (χ1v) is 8.39. The van der Waals surface area contributed by atoms with Crippen LogP contribution in [0.4, 0.5) is 17.6 Å². The van der Waals surface area contributed by atoms with Crippen LogP contribution in [0.3, 0.4) is 0 Å². The van der Waals surface area contributed by atoms with Crippen molar-refractivity contribution in [2.75, 3.05) is 10.6 Å². The van der Waals surface area contributed by atoms with Gasteiger partial charge in [0, 0.05) is 24.2 Å². The molecule has 0 fully saturated rings. The van der Waals surface area contributed by atoms with Crippen molar-refractivity contribution < 1.29 is 0 Å². The summed E-state index contributed by atoms with van der Waals surface area (Å²) in [5, 5.41) is 7.35. The highest BCUT2D eigenvalue weighted by molar-refractivity contribution is 9.10. The predicted octanol–water partition coefficient (Wildman–Crippen LogP) is 3.54. The van der Waals surface area contributed by atoms with E-state index in [9.17, 15) is 0 Å². The zero-order valence-electron chi connectivity index (χ0n) is 13.4. The maximum Gasteiger partial charge on any atom is 0.233 e. The molecule has 8 heteroatoms. The molecule has 1 atom stereocenters. The Labute approximate surface area is 148 Å². The molecule has 3 aromatic rings. The maximum atomic E-state index is 5.95. The van der Waals surface area contributed by atoms with Gasteiger partial charge in [-0.05, 0) is 41.4 Å². The number of nitrogens with zero attached hydrogens (tertiary/aromatic N) is 5. The van der Waals surface area contributed by atoms with Crippen LogP contribution in [0.2, 0.25) is 0 Å². The fraction of sp³-hybridized carbons (Fsp3) is 0.250. The quantitative estimate of drug-likeness (QED) is 0.694. The highest BCUT2D eigenvalue weighted by atomic mass is 79.9. The van der Waals surface area contributed by atoms with Gasteiger partial charge in [0.25, 0.3) is 0 Å². The van der Waals surface area contributed by atoms with Gasteiger partial charge in [-0.25, -0.2) is 4.98 Å². The Morgan fingerprint density at radius 2 is 2.17 bits per heavy atom. The molecule has 0 aromatic carbocycles. The van der Waals surface area contributed by atoms with Crippen LogP contribution in [0.25, 0.3) is 0 Å². The van der Waals surface area contributed by atoms with E-state index in [2.05, 4.69) is 48.0 Å². The lowest BCUT2D eigenvalue weighted by Gasteiger charge is -2.29. The van der Waals surface area contributed by atoms with Gasteiger partial charge in [0.1, 0.15) is 5.82 Å². The lowest BCUT2D eigenvalue weighted by molar-refractivity contribution is 0.633. The molecule has 0 saturated carbocycles. The Balaban J connectivity index is 2.12. The molecule has 3 aromatic heterocycles. The van der Waals surface area contributed by atoms with Crippen molar-refractivity contribution in [3.05, 3.63) is 52.5 Å². The van der Waals surface area contributed by atoms with Crippen molar-refractivity contribution >= 4 is 33.5 Å². The Bertz CT molecular complexity index is 818. The van der Waals surface area contributed by atoms with Crippen LogP contribution in [0.5, 0.6) is 0 Å². The summed E-state index contributed by atoms with van der Waals surface area (Å²) in [5.74, 6) is 1.60. The molecule has 3 N–H and O–H groups in total. The summed E-state index contributed by atoms with van der Waals surface area (Å²) in [4.78, 5) is 15.3. The summed E-state index contributed by atoms with van der Waals surface area (Å²) < 4.78 is 0.662. The molecule has 7 nitrogen and oxygen atoms in total. The normalized spacial score (nSPS) is 12.1. The monoisotopic (exact) mass is 387 g/mol. The fourth-order valence-electron chi connectivity index (χ4n) is 2.51. The number of hydrogen-bond acceptors (Lipinski definition) is 6. The molecular formula is C16H18BrN7. The molecule has 0 spiro atoms. The van der Waals surface area contributed by atoms with Crippen LogP contribution in [-0.2, 0) is 0 Å². The summed E-state index contributed by atoms with van der Waals surface area (Å²) in [5.41, 5.74) is 7.83. The number of nitrogen functional groups attached to an aromatic ring is 1. The van der Waals surface area contributed by atoms with Gasteiger partial charge in [0.2, 0.25) is 5.95 Å². The average molecular weight is 388 g/mol. The predicted molar refractivity (Wildman–Crippen MR) is 96.9 cm³/mol. The van der Waals surface area contributed by atoms with Gasteiger partial charge in [-0.15, -0.1) is 0 Å². The lowest BCUT2D eigenvalue weighted by Crippen LogP contribution is -2.26. The average Bonchev–Trinajstić information content (AvgIpc) is 3.02. The van der Waals surface area contributed by atoms with E-state index in [1.807, 2.05) is 36.1 Å². The second kappa shape index (κ2) is 6.96. The van der Waals surface area contributed by atoms with Crippen LogP contribution in [0.1, 0.15) is 30.8 Å². The molecule has 0 aliphatic rings. The largest absolute Gasteiger partial charge is 0.383 e. The van der Waals surface area contributed by atoms with Crippen molar-refractivity contribution in [1.29, 1.82) is 0 Å². The van der Waals surface area contributed by atoms with E-state index < -0.39 is 0 Å². The minimum atomic E-state index is -0.0607. The van der Waals surface area contributed by atoms with Crippen molar-refractivity contribution in [3.63, 3.8) is 0 Å². The zero-order valence-corrected chi connectivity index (χ0v) is 15.0. The van der Waals surface area contributed by atoms with Crippen molar-refractivity contribution in [3.8, 4) is 0 Å². The van der Waals surface area contributed by atoms with E-state index in [1.165, 1.54) is 0 Å². The number of nitrogens with two attached hydrogens (primary N) is 1. The number of hydrogen-bond donors (Lipinski definition) is 2. The van der Waals surface area contributed by atoms with Gasteiger partial charge < -0.3 is 5.73 Å². The van der Waals surface area contributed by atoms with E-state index in [0.717, 1.165) is 23.6 Å². The van der Waals surface area contributed by atoms with E-state index in [4.69, 9.17) is 5.73 Å². The molecule has 0 amide bonds. The van der Waals surface area contributed by atoms with Crippen molar-refractivity contribution in [2.24, 2.45) is 0 Å². The molecule has 0 bridgehead atoms. The van der Waals surface area contributed by atoms with Crippen LogP contribution < -0.4 is 10.6 Å². The number of rotatable bonds is 5. The number of halogens is 1. The SMILES string of the molecule is CCC(c1ccccn1)N(c1cc(C)[nH]n1)c1ncc(Br)c(N)n1. The molecule has 0 radical (unpaired) electrons. The smallest absolute Gasteiger partial charge is 0.233 e. The summed E-state index contributed by atoms with van der Waals surface area (Å²) in [7, 11) is 0. The summed E-state index contributed by atoms with van der Waals surface area (Å²) in [6.45, 7) is 4.04. The molecule has 3 heterocycles. The maximum absolute atomic E-state index is 5.95. The third kappa shape index (κ3) is 3.23. The van der Waals surface area contributed by atoms with Crippen molar-refractivity contribution in [1.82, 2.24) is 25.1 Å². The highest BCUT2D eigenvalue weighted by Gasteiger charge is 2.26. The lowest BCUT2D eigenvalue weighted by atomic mass is 10.1. The molecular weight excluding hydrogens is 370 g/mol. The summed E-state index contributed by atoms with van der Waals surface area (Å²) in [6, 6.07) is 7.74. The summed E-state index contributed by atoms with van der Waals surface area (Å²) >= 11 is 3.34. The molecule has 0 aliphatic heterocycles. The zero-order chi connectivity index (χ0) is 17.1. The molecule has 124 valence electrons. The van der Waals surface area contributed by atoms with E-state index in [0.29, 0.717) is 16.2 Å². The standard InChI is InChI=1S/C16H18BrN7/c1-3-13(12-6-4-5-7-19-12)24(14-8-10(2)22-23-14)16-20-9-11(17)15(18)21-16/h4-9,13H,3H2,1-2H3,(H,22,23)(H2,18,20,21). The van der Waals surface area contributed by atoms with Gasteiger partial charge in [0.15, 0.2) is 5.82 Å². The first kappa shape index (κ1) is 16.4. The van der Waals surface area contributed by atoms with Gasteiger partial charge in [-0.1, -0.05) is 13.0 Å². The number of nitrogens with one attached hydrogen (secondary N) is 1. The van der Waals surface area contributed by atoms with Gasteiger partial charge >= 0.3 is 0 Å². The molecule has 1 unspecified atom stereocenters. The van der Waals surface area contributed by atoms with E-state index in [1.54, 1.807) is 12.4 Å². The van der Waals surface area contributed by atoms with E-state index >= 15 is 0 Å². The number of aromatic amines is 1. The number of aryl methyl sites for hydroxylation is 1. The van der Waals surface area contributed by atoms with Crippen LogP contribution in [0, 0.1) is 6.92 Å². The Kier molecular flexibility index (Phi) is 4.75. The minimum Gasteiger partial charge on any atom is -0.383 e. The van der Waals surface area contributed by atoms with Crippen molar-refractivity contribution in [2.45, 2.75) is 26.3 Å². The van der Waals surface area contributed by atoms with Crippen LogP contribution in [0.15, 0.2) is 41.1 Å². The second-order valence-corrected chi connectivity index (χ2v) is 6.22. The number of anilines is 3. The van der Waals surface area contributed by atoms with Crippen LogP contribution in [-0.4, -0.2) is 25.1 Å². The molecule has 0 saturated heterocycles. The highest BCUT2D eigenvalue weighted by Crippen LogP contribution is 2.34. The molecule has 24 heavy (non-hydrogen) atoms. The number of aromatic nitrogens is 5. The van der Waals surface area contributed by atoms with Gasteiger partial charge in [0.05, 0.1) is 16.2 Å². The Hall–Kier alpha value is -2.48. The van der Waals surface area contributed by atoms with Crippen LogP contribution >= 0.6 is 15.9 Å².